The molecule has 1 N–H and O–H groups in total. The molecule has 3 aromatic rings. The third kappa shape index (κ3) is 5.45. The molecule has 2 aromatic heterocycles. The zero-order valence-electron chi connectivity index (χ0n) is 15.6. The smallest absolute Gasteiger partial charge is 0.268 e. The second-order valence-electron chi connectivity index (χ2n) is 6.55. The third-order valence-electron chi connectivity index (χ3n) is 3.75. The van der Waals surface area contributed by atoms with Gasteiger partial charge in [-0.1, -0.05) is 48.4 Å². The number of anilines is 1. The molecule has 148 valence electrons. The van der Waals surface area contributed by atoms with Gasteiger partial charge in [-0.2, -0.15) is 5.26 Å². The summed E-state index contributed by atoms with van der Waals surface area (Å²) in [6.07, 6.45) is 2.13. The highest BCUT2D eigenvalue weighted by atomic mass is 35.5. The van der Waals surface area contributed by atoms with Crippen LogP contribution in [0.3, 0.4) is 0 Å². The van der Waals surface area contributed by atoms with Gasteiger partial charge in [-0.15, -0.1) is 10.2 Å². The molecule has 0 radical (unpaired) electrons. The first-order valence-electron chi connectivity index (χ1n) is 8.66. The van der Waals surface area contributed by atoms with Crippen molar-refractivity contribution in [3.63, 3.8) is 0 Å². The van der Waals surface area contributed by atoms with E-state index < -0.39 is 5.91 Å². The van der Waals surface area contributed by atoms with Gasteiger partial charge in [-0.05, 0) is 36.2 Å². The van der Waals surface area contributed by atoms with E-state index in [1.165, 1.54) is 17.4 Å². The van der Waals surface area contributed by atoms with Gasteiger partial charge in [-0.25, -0.2) is 0 Å². The number of nitriles is 1. The summed E-state index contributed by atoms with van der Waals surface area (Å²) in [7, 11) is 0. The van der Waals surface area contributed by atoms with E-state index >= 15 is 0 Å². The predicted molar refractivity (Wildman–Crippen MR) is 115 cm³/mol. The number of halogens is 2. The van der Waals surface area contributed by atoms with Crippen molar-refractivity contribution in [2.75, 3.05) is 5.32 Å². The van der Waals surface area contributed by atoms with E-state index in [0.717, 1.165) is 11.4 Å². The zero-order chi connectivity index (χ0) is 21.0. The number of carbonyl (C=O) groups excluding carboxylic acids is 1. The molecule has 0 aliphatic heterocycles. The van der Waals surface area contributed by atoms with Crippen LogP contribution in [0.5, 0.6) is 0 Å². The quantitative estimate of drug-likeness (QED) is 0.378. The molecule has 6 nitrogen and oxygen atoms in total. The Kier molecular flexibility index (Phi) is 6.70. The van der Waals surface area contributed by atoms with Crippen LogP contribution in [0.4, 0.5) is 5.13 Å². The van der Waals surface area contributed by atoms with E-state index in [1.54, 1.807) is 30.3 Å². The van der Waals surface area contributed by atoms with E-state index in [2.05, 4.69) is 29.4 Å². The minimum Gasteiger partial charge on any atom is -0.457 e. The van der Waals surface area contributed by atoms with Crippen LogP contribution in [0.1, 0.15) is 24.6 Å². The predicted octanol–water partition coefficient (Wildman–Crippen LogP) is 5.85. The number of hydrogen-bond donors (Lipinski definition) is 1. The van der Waals surface area contributed by atoms with Crippen molar-refractivity contribution >= 4 is 51.7 Å². The van der Waals surface area contributed by atoms with Crippen molar-refractivity contribution in [3.05, 3.63) is 56.7 Å². The fourth-order valence-electron chi connectivity index (χ4n) is 2.46. The van der Waals surface area contributed by atoms with Crippen molar-refractivity contribution in [2.24, 2.45) is 5.92 Å². The van der Waals surface area contributed by atoms with Gasteiger partial charge in [0.15, 0.2) is 0 Å². The Morgan fingerprint density at radius 3 is 2.79 bits per heavy atom. The number of rotatable bonds is 6. The molecule has 0 bridgehead atoms. The number of nitrogens with one attached hydrogen (secondary N) is 1. The Morgan fingerprint density at radius 2 is 2.10 bits per heavy atom. The Hall–Kier alpha value is -2.66. The van der Waals surface area contributed by atoms with Crippen LogP contribution < -0.4 is 5.32 Å². The summed E-state index contributed by atoms with van der Waals surface area (Å²) in [5.74, 6) is 0.694. The first kappa shape index (κ1) is 21.1. The summed E-state index contributed by atoms with van der Waals surface area (Å²) in [5, 5.41) is 22.1. The first-order valence-corrected chi connectivity index (χ1v) is 10.2. The lowest BCUT2D eigenvalue weighted by atomic mass is 10.1. The van der Waals surface area contributed by atoms with Gasteiger partial charge in [0, 0.05) is 23.1 Å². The maximum absolute atomic E-state index is 12.4. The second-order valence-corrected chi connectivity index (χ2v) is 8.45. The van der Waals surface area contributed by atoms with Crippen LogP contribution in [0, 0.1) is 17.2 Å². The van der Waals surface area contributed by atoms with Gasteiger partial charge >= 0.3 is 0 Å². The Morgan fingerprint density at radius 1 is 1.31 bits per heavy atom. The number of amides is 1. The summed E-state index contributed by atoms with van der Waals surface area (Å²) in [6.45, 7) is 4.15. The van der Waals surface area contributed by atoms with Crippen molar-refractivity contribution in [3.8, 4) is 17.4 Å². The number of nitrogens with zero attached hydrogens (tertiary/aromatic N) is 3. The van der Waals surface area contributed by atoms with E-state index in [4.69, 9.17) is 27.6 Å². The molecule has 0 unspecified atom stereocenters. The molecule has 9 heteroatoms. The van der Waals surface area contributed by atoms with Crippen LogP contribution in [0.15, 0.2) is 40.3 Å². The summed E-state index contributed by atoms with van der Waals surface area (Å²) in [5.41, 5.74) is 0.541. The summed E-state index contributed by atoms with van der Waals surface area (Å²) < 4.78 is 5.71. The van der Waals surface area contributed by atoms with Crippen molar-refractivity contribution < 1.29 is 9.21 Å². The highest BCUT2D eigenvalue weighted by Crippen LogP contribution is 2.32. The van der Waals surface area contributed by atoms with Crippen LogP contribution in [-0.2, 0) is 11.2 Å². The van der Waals surface area contributed by atoms with Gasteiger partial charge in [0.1, 0.15) is 28.2 Å². The van der Waals surface area contributed by atoms with Crippen molar-refractivity contribution in [1.29, 1.82) is 5.26 Å². The highest BCUT2D eigenvalue weighted by Gasteiger charge is 2.15. The molecule has 1 amide bonds. The molecule has 3 rings (SSSR count). The molecular formula is C20H16Cl2N4O2S. The maximum atomic E-state index is 12.4. The number of benzene rings is 1. The first-order chi connectivity index (χ1) is 13.9. The summed E-state index contributed by atoms with van der Waals surface area (Å²) in [4.78, 5) is 12.4. The highest BCUT2D eigenvalue weighted by molar-refractivity contribution is 7.15. The molecule has 29 heavy (non-hydrogen) atoms. The minimum absolute atomic E-state index is 0.117. The molecule has 2 heterocycles. The van der Waals surface area contributed by atoms with Crippen LogP contribution >= 0.6 is 34.5 Å². The molecule has 0 aliphatic rings. The second kappa shape index (κ2) is 9.23. The van der Waals surface area contributed by atoms with Crippen LogP contribution in [0.2, 0.25) is 10.0 Å². The van der Waals surface area contributed by atoms with Gasteiger partial charge in [0.25, 0.3) is 5.91 Å². The Labute approximate surface area is 181 Å². The number of furan rings is 1. The lowest BCUT2D eigenvalue weighted by Gasteiger charge is -2.01. The lowest BCUT2D eigenvalue weighted by Crippen LogP contribution is -2.13. The standard InChI is InChI=1S/C20H16Cl2N4O2S/c1-11(2)7-18-25-26-20(29-18)24-19(27)12(10-23)8-14-4-6-17(28-14)15-5-3-13(21)9-16(15)22/h3-6,8-9,11H,7H2,1-2H3,(H,24,26,27)/b12-8-. The van der Waals surface area contributed by atoms with E-state index in [9.17, 15) is 10.1 Å². The lowest BCUT2D eigenvalue weighted by molar-refractivity contribution is -0.112. The molecule has 0 saturated carbocycles. The Balaban J connectivity index is 1.76. The molecule has 0 fully saturated rings. The minimum atomic E-state index is -0.581. The SMILES string of the molecule is CC(C)Cc1nnc(NC(=O)/C(C#N)=C\c2ccc(-c3ccc(Cl)cc3Cl)o2)s1. The monoisotopic (exact) mass is 446 g/mol. The van der Waals surface area contributed by atoms with Gasteiger partial charge in [-0.3, -0.25) is 10.1 Å². The molecule has 0 atom stereocenters. The summed E-state index contributed by atoms with van der Waals surface area (Å²) in [6, 6.07) is 10.3. The van der Waals surface area contributed by atoms with Crippen LogP contribution in [0.25, 0.3) is 17.4 Å². The van der Waals surface area contributed by atoms with Gasteiger partial charge in [0.05, 0.1) is 5.02 Å². The molecule has 0 aliphatic carbocycles. The molecular weight excluding hydrogens is 431 g/mol. The van der Waals surface area contributed by atoms with Crippen molar-refractivity contribution in [2.45, 2.75) is 20.3 Å². The number of carbonyl (C=O) groups is 1. The average Bonchev–Trinajstić information content (AvgIpc) is 3.28. The topological polar surface area (TPSA) is 91.8 Å². The largest absolute Gasteiger partial charge is 0.457 e. The summed E-state index contributed by atoms with van der Waals surface area (Å²) >= 11 is 13.4. The average molecular weight is 447 g/mol. The zero-order valence-corrected chi connectivity index (χ0v) is 17.9. The molecule has 0 spiro atoms. The normalized spacial score (nSPS) is 11.5. The number of aromatic nitrogens is 2. The van der Waals surface area contributed by atoms with Crippen LogP contribution in [-0.4, -0.2) is 16.1 Å². The van der Waals surface area contributed by atoms with Gasteiger partial charge in [0.2, 0.25) is 5.13 Å². The number of hydrogen-bond acceptors (Lipinski definition) is 6. The van der Waals surface area contributed by atoms with E-state index in [0.29, 0.717) is 38.2 Å². The van der Waals surface area contributed by atoms with E-state index in [-0.39, 0.29) is 5.57 Å². The van der Waals surface area contributed by atoms with E-state index in [1.807, 2.05) is 6.07 Å². The maximum Gasteiger partial charge on any atom is 0.268 e. The Bertz CT molecular complexity index is 1110. The molecule has 1 aromatic carbocycles. The fourth-order valence-corrected chi connectivity index (χ4v) is 3.90. The van der Waals surface area contributed by atoms with Gasteiger partial charge < -0.3 is 4.42 Å². The van der Waals surface area contributed by atoms with Crippen molar-refractivity contribution in [1.82, 2.24) is 10.2 Å². The fraction of sp³-hybridized carbons (Fsp3) is 0.200. The molecule has 0 saturated heterocycles. The third-order valence-corrected chi connectivity index (χ3v) is 5.15.